The van der Waals surface area contributed by atoms with Crippen LogP contribution < -0.4 is 0 Å². The molecular weight excluding hydrogens is 160 g/mol. The first-order valence-electron chi connectivity index (χ1n) is 4.90. The lowest BCUT2D eigenvalue weighted by Crippen LogP contribution is -2.40. The van der Waals surface area contributed by atoms with Gasteiger partial charge in [-0.2, -0.15) is 0 Å². The van der Waals surface area contributed by atoms with Crippen molar-refractivity contribution in [1.82, 2.24) is 0 Å². The highest BCUT2D eigenvalue weighted by Gasteiger charge is 2.42. The number of hydrogen-bond acceptors (Lipinski definition) is 1. The topological polar surface area (TPSA) is 20.2 Å². The lowest BCUT2D eigenvalue weighted by molar-refractivity contribution is -0.0742. The van der Waals surface area contributed by atoms with Crippen LogP contribution in [0.15, 0.2) is 24.3 Å². The van der Waals surface area contributed by atoms with Crippen LogP contribution >= 0.6 is 0 Å². The molecule has 1 aromatic carbocycles. The van der Waals surface area contributed by atoms with Gasteiger partial charge in [-0.15, -0.1) is 0 Å². The van der Waals surface area contributed by atoms with Crippen molar-refractivity contribution in [2.24, 2.45) is 5.92 Å². The normalized spacial score (nSPS) is 32.7. The van der Waals surface area contributed by atoms with Gasteiger partial charge in [-0.05, 0) is 36.8 Å². The van der Waals surface area contributed by atoms with Gasteiger partial charge in [-0.25, -0.2) is 0 Å². The van der Waals surface area contributed by atoms with E-state index in [0.29, 0.717) is 5.92 Å². The lowest BCUT2D eigenvalue weighted by Gasteiger charge is -2.43. The van der Waals surface area contributed by atoms with Crippen LogP contribution in [0.4, 0.5) is 0 Å². The minimum absolute atomic E-state index is 0.523. The Labute approximate surface area is 79.4 Å². The van der Waals surface area contributed by atoms with Crippen molar-refractivity contribution in [1.29, 1.82) is 0 Å². The van der Waals surface area contributed by atoms with Gasteiger partial charge in [-0.3, -0.25) is 0 Å². The molecule has 1 aromatic rings. The van der Waals surface area contributed by atoms with E-state index in [1.165, 1.54) is 5.56 Å². The van der Waals surface area contributed by atoms with Crippen LogP contribution in [0, 0.1) is 12.8 Å². The fourth-order valence-corrected chi connectivity index (χ4v) is 2.41. The van der Waals surface area contributed by atoms with E-state index in [2.05, 4.69) is 19.9 Å². The highest BCUT2D eigenvalue weighted by molar-refractivity contribution is 5.33. The van der Waals surface area contributed by atoms with Gasteiger partial charge in [0, 0.05) is 0 Å². The van der Waals surface area contributed by atoms with E-state index in [1.807, 2.05) is 18.2 Å². The Morgan fingerprint density at radius 3 is 2.46 bits per heavy atom. The van der Waals surface area contributed by atoms with Gasteiger partial charge in [0.1, 0.15) is 0 Å². The minimum Gasteiger partial charge on any atom is -0.385 e. The predicted molar refractivity (Wildman–Crippen MR) is 53.5 cm³/mol. The van der Waals surface area contributed by atoms with Crippen LogP contribution in [0.3, 0.4) is 0 Å². The van der Waals surface area contributed by atoms with Crippen LogP contribution in [0.5, 0.6) is 0 Å². The predicted octanol–water partition coefficient (Wildman–Crippen LogP) is 2.61. The highest BCUT2D eigenvalue weighted by atomic mass is 16.3. The van der Waals surface area contributed by atoms with Crippen LogP contribution in [0.2, 0.25) is 0 Å². The molecule has 0 unspecified atom stereocenters. The smallest absolute Gasteiger partial charge is 0.0904 e. The van der Waals surface area contributed by atoms with Crippen molar-refractivity contribution in [2.45, 2.75) is 32.3 Å². The summed E-state index contributed by atoms with van der Waals surface area (Å²) in [6.45, 7) is 4.25. The van der Waals surface area contributed by atoms with Gasteiger partial charge in [-0.1, -0.05) is 31.2 Å². The molecule has 1 heteroatoms. The average Bonchev–Trinajstić information content (AvgIpc) is 2.02. The maximum absolute atomic E-state index is 10.2. The zero-order chi connectivity index (χ0) is 9.47. The third kappa shape index (κ3) is 1.37. The SMILES string of the molecule is Cc1ccccc1C1(O)CC(C)C1. The summed E-state index contributed by atoms with van der Waals surface area (Å²) in [6, 6.07) is 8.13. The van der Waals surface area contributed by atoms with E-state index in [9.17, 15) is 5.11 Å². The first kappa shape index (κ1) is 8.76. The molecule has 0 aliphatic heterocycles. The molecule has 1 saturated carbocycles. The Morgan fingerprint density at radius 1 is 1.31 bits per heavy atom. The monoisotopic (exact) mass is 176 g/mol. The zero-order valence-corrected chi connectivity index (χ0v) is 8.25. The van der Waals surface area contributed by atoms with E-state index >= 15 is 0 Å². The molecule has 70 valence electrons. The molecule has 0 bridgehead atoms. The van der Waals surface area contributed by atoms with E-state index in [4.69, 9.17) is 0 Å². The molecule has 1 N–H and O–H groups in total. The Morgan fingerprint density at radius 2 is 1.92 bits per heavy atom. The van der Waals surface area contributed by atoms with Crippen molar-refractivity contribution in [3.05, 3.63) is 35.4 Å². The lowest BCUT2D eigenvalue weighted by atomic mass is 9.67. The van der Waals surface area contributed by atoms with Gasteiger partial charge in [0.2, 0.25) is 0 Å². The van der Waals surface area contributed by atoms with Crippen molar-refractivity contribution >= 4 is 0 Å². The quantitative estimate of drug-likeness (QED) is 0.697. The molecule has 2 rings (SSSR count). The Balaban J connectivity index is 2.31. The van der Waals surface area contributed by atoms with Crippen molar-refractivity contribution in [3.63, 3.8) is 0 Å². The summed E-state index contributed by atoms with van der Waals surface area (Å²) in [7, 11) is 0. The number of aryl methyl sites for hydroxylation is 1. The van der Waals surface area contributed by atoms with Crippen molar-refractivity contribution in [3.8, 4) is 0 Å². The van der Waals surface area contributed by atoms with Gasteiger partial charge < -0.3 is 5.11 Å². The highest BCUT2D eigenvalue weighted by Crippen LogP contribution is 2.46. The van der Waals surface area contributed by atoms with Gasteiger partial charge in [0.05, 0.1) is 5.60 Å². The standard InChI is InChI=1S/C12H16O/c1-9-7-12(13,8-9)11-6-4-3-5-10(11)2/h3-6,9,13H,7-8H2,1-2H3. The summed E-state index contributed by atoms with van der Waals surface area (Å²) in [5.41, 5.74) is 1.80. The molecule has 1 aliphatic rings. The second-order valence-corrected chi connectivity index (χ2v) is 4.36. The zero-order valence-electron chi connectivity index (χ0n) is 8.25. The number of hydrogen-bond donors (Lipinski definition) is 1. The molecule has 0 amide bonds. The molecule has 0 heterocycles. The second kappa shape index (κ2) is 2.85. The van der Waals surface area contributed by atoms with E-state index in [-0.39, 0.29) is 0 Å². The first-order valence-corrected chi connectivity index (χ1v) is 4.90. The molecule has 13 heavy (non-hydrogen) atoms. The molecule has 1 fully saturated rings. The summed E-state index contributed by atoms with van der Waals surface area (Å²) in [6.07, 6.45) is 1.83. The summed E-state index contributed by atoms with van der Waals surface area (Å²) >= 11 is 0. The van der Waals surface area contributed by atoms with Crippen LogP contribution in [0.25, 0.3) is 0 Å². The van der Waals surface area contributed by atoms with Gasteiger partial charge in [0.25, 0.3) is 0 Å². The van der Waals surface area contributed by atoms with Crippen LogP contribution in [0.1, 0.15) is 30.9 Å². The van der Waals surface area contributed by atoms with Gasteiger partial charge in [0.15, 0.2) is 0 Å². The number of benzene rings is 1. The molecule has 0 atom stereocenters. The summed E-state index contributed by atoms with van der Waals surface area (Å²) in [5.74, 6) is 0.671. The molecule has 0 spiro atoms. The third-order valence-electron chi connectivity index (χ3n) is 3.02. The van der Waals surface area contributed by atoms with E-state index in [0.717, 1.165) is 18.4 Å². The van der Waals surface area contributed by atoms with E-state index < -0.39 is 5.60 Å². The molecule has 0 aromatic heterocycles. The molecule has 0 saturated heterocycles. The molecular formula is C12H16O. The summed E-state index contributed by atoms with van der Waals surface area (Å²) in [5, 5.41) is 10.2. The third-order valence-corrected chi connectivity index (χ3v) is 3.02. The van der Waals surface area contributed by atoms with Gasteiger partial charge >= 0.3 is 0 Å². The van der Waals surface area contributed by atoms with E-state index in [1.54, 1.807) is 0 Å². The fourth-order valence-electron chi connectivity index (χ4n) is 2.41. The largest absolute Gasteiger partial charge is 0.385 e. The number of aliphatic hydroxyl groups is 1. The number of rotatable bonds is 1. The molecule has 1 aliphatic carbocycles. The maximum Gasteiger partial charge on any atom is 0.0904 e. The minimum atomic E-state index is -0.523. The van der Waals surface area contributed by atoms with Crippen molar-refractivity contribution < 1.29 is 5.11 Å². The van der Waals surface area contributed by atoms with Crippen molar-refractivity contribution in [2.75, 3.05) is 0 Å². The van der Waals surface area contributed by atoms with Crippen LogP contribution in [-0.2, 0) is 5.60 Å². The fraction of sp³-hybridized carbons (Fsp3) is 0.500. The molecule has 0 radical (unpaired) electrons. The maximum atomic E-state index is 10.2. The average molecular weight is 176 g/mol. The second-order valence-electron chi connectivity index (χ2n) is 4.36. The van der Waals surface area contributed by atoms with Crippen LogP contribution in [-0.4, -0.2) is 5.11 Å². The first-order chi connectivity index (χ1) is 6.12. The Hall–Kier alpha value is -0.820. The Kier molecular flexibility index (Phi) is 1.92. The summed E-state index contributed by atoms with van der Waals surface area (Å²) < 4.78 is 0. The Bertz CT molecular complexity index is 311. The molecule has 1 nitrogen and oxygen atoms in total. The summed E-state index contributed by atoms with van der Waals surface area (Å²) in [4.78, 5) is 0.